The van der Waals surface area contributed by atoms with Gasteiger partial charge in [-0.2, -0.15) is 0 Å². The average Bonchev–Trinajstić information content (AvgIpc) is 3.31. The fourth-order valence-electron chi connectivity index (χ4n) is 4.89. The molecule has 0 amide bonds. The molecule has 2 aromatic carbocycles. The van der Waals surface area contributed by atoms with Crippen LogP contribution in [0, 0.1) is 5.92 Å². The summed E-state index contributed by atoms with van der Waals surface area (Å²) in [5.74, 6) is 0.301. The molecule has 1 aliphatic carbocycles. The van der Waals surface area contributed by atoms with Crippen molar-refractivity contribution in [1.29, 1.82) is 0 Å². The standard InChI is InChI=1S/C25H32ClNO2/c26-23-12-10-20(11-13-23)18-27-16-14-24(15-17-27)29-19-25(28,22-8-4-5-9-22)21-6-2-1-3-7-21/h1-3,6-7,10-13,22,24,28H,4-5,8-9,14-19H2/t25-/m0/s1. The second-order valence-corrected chi connectivity index (χ2v) is 9.12. The van der Waals surface area contributed by atoms with Crippen molar-refractivity contribution in [2.75, 3.05) is 19.7 Å². The zero-order chi connectivity index (χ0) is 20.1. The van der Waals surface area contributed by atoms with Crippen LogP contribution < -0.4 is 0 Å². The Hall–Kier alpha value is -1.39. The van der Waals surface area contributed by atoms with Gasteiger partial charge in [0.05, 0.1) is 12.7 Å². The van der Waals surface area contributed by atoms with Crippen LogP contribution in [0.25, 0.3) is 0 Å². The van der Waals surface area contributed by atoms with Gasteiger partial charge in [0.15, 0.2) is 0 Å². The van der Waals surface area contributed by atoms with Gasteiger partial charge in [-0.1, -0.05) is 66.9 Å². The lowest BCUT2D eigenvalue weighted by Gasteiger charge is -2.38. The first kappa shape index (κ1) is 20.9. The molecule has 1 heterocycles. The predicted molar refractivity (Wildman–Crippen MR) is 118 cm³/mol. The van der Waals surface area contributed by atoms with Crippen LogP contribution in [0.3, 0.4) is 0 Å². The van der Waals surface area contributed by atoms with Crippen molar-refractivity contribution >= 4 is 11.6 Å². The Morgan fingerprint density at radius 3 is 2.24 bits per heavy atom. The molecule has 1 saturated heterocycles. The van der Waals surface area contributed by atoms with E-state index in [-0.39, 0.29) is 6.10 Å². The normalized spacial score (nSPS) is 21.3. The van der Waals surface area contributed by atoms with Crippen molar-refractivity contribution in [2.45, 2.75) is 56.8 Å². The summed E-state index contributed by atoms with van der Waals surface area (Å²) in [7, 11) is 0. The molecule has 2 fully saturated rings. The first-order valence-corrected chi connectivity index (χ1v) is 11.4. The minimum atomic E-state index is -0.863. The van der Waals surface area contributed by atoms with E-state index in [1.807, 2.05) is 30.3 Å². The van der Waals surface area contributed by atoms with Crippen molar-refractivity contribution in [3.8, 4) is 0 Å². The van der Waals surface area contributed by atoms with Gasteiger partial charge in [0.2, 0.25) is 0 Å². The van der Waals surface area contributed by atoms with Crippen molar-refractivity contribution in [1.82, 2.24) is 4.90 Å². The zero-order valence-electron chi connectivity index (χ0n) is 17.1. The summed E-state index contributed by atoms with van der Waals surface area (Å²) in [4.78, 5) is 2.48. The maximum Gasteiger partial charge on any atom is 0.116 e. The smallest absolute Gasteiger partial charge is 0.116 e. The van der Waals surface area contributed by atoms with Crippen molar-refractivity contribution in [3.63, 3.8) is 0 Å². The highest BCUT2D eigenvalue weighted by Gasteiger charge is 2.40. The molecule has 0 radical (unpaired) electrons. The lowest BCUT2D eigenvalue weighted by atomic mass is 9.80. The van der Waals surface area contributed by atoms with E-state index >= 15 is 0 Å². The third-order valence-electron chi connectivity index (χ3n) is 6.70. The quantitative estimate of drug-likeness (QED) is 0.659. The molecule has 29 heavy (non-hydrogen) atoms. The van der Waals surface area contributed by atoms with Gasteiger partial charge < -0.3 is 9.84 Å². The minimum Gasteiger partial charge on any atom is -0.382 e. The van der Waals surface area contributed by atoms with Gasteiger partial charge in [0, 0.05) is 24.7 Å². The maximum atomic E-state index is 11.6. The van der Waals surface area contributed by atoms with E-state index < -0.39 is 5.60 Å². The second kappa shape index (κ2) is 9.61. The molecule has 3 nitrogen and oxygen atoms in total. The van der Waals surface area contributed by atoms with E-state index in [1.165, 1.54) is 18.4 Å². The molecule has 156 valence electrons. The SMILES string of the molecule is O[C@@](COC1CCN(Cc2ccc(Cl)cc2)CC1)(c1ccccc1)C1CCCC1. The van der Waals surface area contributed by atoms with Gasteiger partial charge in [0.1, 0.15) is 5.60 Å². The summed E-state index contributed by atoms with van der Waals surface area (Å²) in [6.45, 7) is 3.42. The molecule has 1 N–H and O–H groups in total. The summed E-state index contributed by atoms with van der Waals surface area (Å²) in [5, 5.41) is 12.4. The Kier molecular flexibility index (Phi) is 6.92. The number of likely N-dealkylation sites (tertiary alicyclic amines) is 1. The minimum absolute atomic E-state index is 0.230. The number of piperidine rings is 1. The van der Waals surface area contributed by atoms with Gasteiger partial charge in [-0.15, -0.1) is 0 Å². The van der Waals surface area contributed by atoms with Crippen LogP contribution in [-0.4, -0.2) is 35.8 Å². The van der Waals surface area contributed by atoms with E-state index in [4.69, 9.17) is 16.3 Å². The van der Waals surface area contributed by atoms with E-state index in [0.717, 1.165) is 55.9 Å². The van der Waals surface area contributed by atoms with Crippen LogP contribution in [0.2, 0.25) is 5.02 Å². The molecule has 2 aliphatic rings. The van der Waals surface area contributed by atoms with Gasteiger partial charge in [-0.3, -0.25) is 4.90 Å². The second-order valence-electron chi connectivity index (χ2n) is 8.68. The van der Waals surface area contributed by atoms with E-state index in [0.29, 0.717) is 12.5 Å². The highest BCUT2D eigenvalue weighted by Crippen LogP contribution is 2.41. The van der Waals surface area contributed by atoms with Crippen LogP contribution in [-0.2, 0) is 16.9 Å². The third-order valence-corrected chi connectivity index (χ3v) is 6.95. The van der Waals surface area contributed by atoms with Crippen LogP contribution >= 0.6 is 11.6 Å². The van der Waals surface area contributed by atoms with Crippen LogP contribution in [0.4, 0.5) is 0 Å². The third kappa shape index (κ3) is 5.21. The molecule has 4 rings (SSSR count). The molecule has 0 bridgehead atoms. The summed E-state index contributed by atoms with van der Waals surface area (Å²) in [6, 6.07) is 18.3. The number of hydrogen-bond donors (Lipinski definition) is 1. The first-order valence-electron chi connectivity index (χ1n) is 11.0. The molecule has 4 heteroatoms. The van der Waals surface area contributed by atoms with E-state index in [1.54, 1.807) is 0 Å². The molecule has 0 spiro atoms. The number of rotatable bonds is 7. The van der Waals surface area contributed by atoms with Gasteiger partial charge >= 0.3 is 0 Å². The summed E-state index contributed by atoms with van der Waals surface area (Å²) < 4.78 is 6.34. The van der Waals surface area contributed by atoms with Gasteiger partial charge in [0.25, 0.3) is 0 Å². The number of nitrogens with zero attached hydrogens (tertiary/aromatic N) is 1. The monoisotopic (exact) mass is 413 g/mol. The van der Waals surface area contributed by atoms with Crippen molar-refractivity contribution < 1.29 is 9.84 Å². The number of halogens is 1. The highest BCUT2D eigenvalue weighted by molar-refractivity contribution is 6.30. The van der Waals surface area contributed by atoms with E-state index in [2.05, 4.69) is 29.2 Å². The van der Waals surface area contributed by atoms with Gasteiger partial charge in [-0.25, -0.2) is 0 Å². The molecule has 1 atom stereocenters. The Balaban J connectivity index is 1.31. The van der Waals surface area contributed by atoms with Crippen LogP contribution in [0.15, 0.2) is 54.6 Å². The van der Waals surface area contributed by atoms with Crippen LogP contribution in [0.1, 0.15) is 49.7 Å². The van der Waals surface area contributed by atoms with Gasteiger partial charge in [-0.05, 0) is 54.9 Å². The van der Waals surface area contributed by atoms with E-state index in [9.17, 15) is 5.11 Å². The Labute approximate surface area is 179 Å². The summed E-state index contributed by atoms with van der Waals surface area (Å²) in [6.07, 6.45) is 6.87. The molecular formula is C25H32ClNO2. The summed E-state index contributed by atoms with van der Waals surface area (Å²) >= 11 is 5.99. The molecule has 1 aliphatic heterocycles. The number of benzene rings is 2. The number of aliphatic hydroxyl groups is 1. The molecular weight excluding hydrogens is 382 g/mol. The first-order chi connectivity index (χ1) is 14.1. The maximum absolute atomic E-state index is 11.6. The molecule has 0 unspecified atom stereocenters. The summed E-state index contributed by atoms with van der Waals surface area (Å²) in [5.41, 5.74) is 1.44. The lowest BCUT2D eigenvalue weighted by molar-refractivity contribution is -0.118. The lowest BCUT2D eigenvalue weighted by Crippen LogP contribution is -2.42. The molecule has 0 aromatic heterocycles. The molecule has 1 saturated carbocycles. The zero-order valence-corrected chi connectivity index (χ0v) is 17.9. The number of ether oxygens (including phenoxy) is 1. The Morgan fingerprint density at radius 2 is 1.59 bits per heavy atom. The Morgan fingerprint density at radius 1 is 0.931 bits per heavy atom. The fourth-order valence-corrected chi connectivity index (χ4v) is 5.02. The largest absolute Gasteiger partial charge is 0.382 e. The fraction of sp³-hybridized carbons (Fsp3) is 0.520. The van der Waals surface area contributed by atoms with Crippen molar-refractivity contribution in [3.05, 3.63) is 70.7 Å². The van der Waals surface area contributed by atoms with Crippen LogP contribution in [0.5, 0.6) is 0 Å². The predicted octanol–water partition coefficient (Wildman–Crippen LogP) is 5.40. The average molecular weight is 414 g/mol. The Bertz CT molecular complexity index is 752. The topological polar surface area (TPSA) is 32.7 Å². The van der Waals surface area contributed by atoms with Crippen molar-refractivity contribution in [2.24, 2.45) is 5.92 Å². The molecule has 2 aromatic rings. The number of hydrogen-bond acceptors (Lipinski definition) is 3. The highest BCUT2D eigenvalue weighted by atomic mass is 35.5.